The van der Waals surface area contributed by atoms with Crippen molar-refractivity contribution in [2.24, 2.45) is 0 Å². The predicted molar refractivity (Wildman–Crippen MR) is 64.5 cm³/mol. The molecule has 1 heterocycles. The molecule has 0 aromatic heterocycles. The van der Waals surface area contributed by atoms with Crippen LogP contribution in [-0.4, -0.2) is 47.8 Å². The predicted octanol–water partition coefficient (Wildman–Crippen LogP) is 1.27. The average Bonchev–Trinajstić information content (AvgIpc) is 2.41. The summed E-state index contributed by atoms with van der Waals surface area (Å²) in [6.45, 7) is 3.21. The highest BCUT2D eigenvalue weighted by molar-refractivity contribution is 5.94. The van der Waals surface area contributed by atoms with Gasteiger partial charge in [0.05, 0.1) is 0 Å². The molecule has 0 bridgehead atoms. The molecule has 1 saturated heterocycles. The van der Waals surface area contributed by atoms with Crippen LogP contribution in [0.15, 0.2) is 18.2 Å². The molecular weight excluding hydrogens is 254 g/mol. The summed E-state index contributed by atoms with van der Waals surface area (Å²) in [4.78, 5) is 26.4. The summed E-state index contributed by atoms with van der Waals surface area (Å²) in [6, 6.07) is 3.10. The van der Waals surface area contributed by atoms with E-state index in [0.717, 1.165) is 12.1 Å². The van der Waals surface area contributed by atoms with Crippen molar-refractivity contribution in [1.82, 2.24) is 9.80 Å². The van der Waals surface area contributed by atoms with Gasteiger partial charge in [-0.2, -0.15) is 0 Å². The Balaban J connectivity index is 2.05. The first-order valence-electron chi connectivity index (χ1n) is 5.99. The molecule has 4 nitrogen and oxygen atoms in total. The Morgan fingerprint density at radius 2 is 1.58 bits per heavy atom. The third-order valence-electron chi connectivity index (χ3n) is 3.18. The first-order valence-corrected chi connectivity index (χ1v) is 5.99. The topological polar surface area (TPSA) is 40.6 Å². The van der Waals surface area contributed by atoms with Crippen molar-refractivity contribution in [2.75, 3.05) is 26.2 Å². The molecule has 1 aliphatic heterocycles. The quantitative estimate of drug-likeness (QED) is 0.769. The maximum atomic E-state index is 13.1. The third kappa shape index (κ3) is 2.89. The van der Waals surface area contributed by atoms with Gasteiger partial charge < -0.3 is 9.80 Å². The van der Waals surface area contributed by atoms with Crippen molar-refractivity contribution in [3.8, 4) is 0 Å². The molecule has 2 rings (SSSR count). The van der Waals surface area contributed by atoms with Gasteiger partial charge in [0.25, 0.3) is 5.91 Å². The molecule has 0 saturated carbocycles. The lowest BCUT2D eigenvalue weighted by molar-refractivity contribution is -0.130. The standard InChI is InChI=1S/C13H14F2N2O2/c1-9(18)16-4-6-17(7-5-16)13(19)10-2-3-11(14)12(15)8-10/h2-3,8H,4-7H2,1H3. The van der Waals surface area contributed by atoms with E-state index in [2.05, 4.69) is 0 Å². The van der Waals surface area contributed by atoms with Gasteiger partial charge in [0.1, 0.15) is 0 Å². The third-order valence-corrected chi connectivity index (χ3v) is 3.18. The van der Waals surface area contributed by atoms with Gasteiger partial charge in [-0.1, -0.05) is 0 Å². The lowest BCUT2D eigenvalue weighted by atomic mass is 10.1. The van der Waals surface area contributed by atoms with Crippen molar-refractivity contribution in [1.29, 1.82) is 0 Å². The van der Waals surface area contributed by atoms with Crippen LogP contribution in [0.25, 0.3) is 0 Å². The second kappa shape index (κ2) is 5.34. The molecule has 1 aromatic rings. The second-order valence-electron chi connectivity index (χ2n) is 4.43. The molecule has 0 aliphatic carbocycles. The highest BCUT2D eigenvalue weighted by atomic mass is 19.2. The van der Waals surface area contributed by atoms with E-state index in [4.69, 9.17) is 0 Å². The van der Waals surface area contributed by atoms with Gasteiger partial charge in [0.15, 0.2) is 11.6 Å². The number of hydrogen-bond donors (Lipinski definition) is 0. The highest BCUT2D eigenvalue weighted by Crippen LogP contribution is 2.12. The molecular formula is C13H14F2N2O2. The van der Waals surface area contributed by atoms with E-state index in [1.807, 2.05) is 0 Å². The Morgan fingerprint density at radius 1 is 1.00 bits per heavy atom. The van der Waals surface area contributed by atoms with Crippen LogP contribution in [-0.2, 0) is 4.79 Å². The fraction of sp³-hybridized carbons (Fsp3) is 0.385. The number of hydrogen-bond acceptors (Lipinski definition) is 2. The van der Waals surface area contributed by atoms with Crippen molar-refractivity contribution >= 4 is 11.8 Å². The molecule has 0 atom stereocenters. The molecule has 0 unspecified atom stereocenters. The molecule has 0 spiro atoms. The van der Waals surface area contributed by atoms with Crippen LogP contribution in [0.2, 0.25) is 0 Å². The van der Waals surface area contributed by atoms with Gasteiger partial charge >= 0.3 is 0 Å². The second-order valence-corrected chi connectivity index (χ2v) is 4.43. The van der Waals surface area contributed by atoms with Crippen LogP contribution in [0, 0.1) is 11.6 Å². The molecule has 19 heavy (non-hydrogen) atoms. The summed E-state index contributed by atoms with van der Waals surface area (Å²) in [5.41, 5.74) is 0.121. The lowest BCUT2D eigenvalue weighted by Gasteiger charge is -2.34. The summed E-state index contributed by atoms with van der Waals surface area (Å²) in [5, 5.41) is 0. The molecule has 0 N–H and O–H groups in total. The Kier molecular flexibility index (Phi) is 3.78. The molecule has 1 aromatic carbocycles. The normalized spacial score (nSPS) is 15.5. The zero-order valence-electron chi connectivity index (χ0n) is 10.5. The van der Waals surface area contributed by atoms with Crippen molar-refractivity contribution in [3.63, 3.8) is 0 Å². The number of carbonyl (C=O) groups excluding carboxylic acids is 2. The number of carbonyl (C=O) groups is 2. The van der Waals surface area contributed by atoms with Crippen molar-refractivity contribution in [2.45, 2.75) is 6.92 Å². The Labute approximate surface area is 109 Å². The maximum absolute atomic E-state index is 13.1. The van der Waals surface area contributed by atoms with E-state index in [9.17, 15) is 18.4 Å². The minimum absolute atomic E-state index is 0.0278. The zero-order valence-corrected chi connectivity index (χ0v) is 10.5. The minimum Gasteiger partial charge on any atom is -0.339 e. The Morgan fingerprint density at radius 3 is 2.11 bits per heavy atom. The van der Waals surface area contributed by atoms with Gasteiger partial charge in [-0.3, -0.25) is 9.59 Å². The summed E-state index contributed by atoms with van der Waals surface area (Å²) in [7, 11) is 0. The number of nitrogens with zero attached hydrogens (tertiary/aromatic N) is 2. The van der Waals surface area contributed by atoms with Gasteiger partial charge in [-0.15, -0.1) is 0 Å². The van der Waals surface area contributed by atoms with Crippen LogP contribution < -0.4 is 0 Å². The smallest absolute Gasteiger partial charge is 0.254 e. The van der Waals surface area contributed by atoms with Crippen LogP contribution in [0.4, 0.5) is 8.78 Å². The summed E-state index contributed by atoms with van der Waals surface area (Å²) in [6.07, 6.45) is 0. The van der Waals surface area contributed by atoms with Crippen molar-refractivity contribution in [3.05, 3.63) is 35.4 Å². The highest BCUT2D eigenvalue weighted by Gasteiger charge is 2.23. The Hall–Kier alpha value is -1.98. The fourth-order valence-electron chi connectivity index (χ4n) is 2.04. The summed E-state index contributed by atoms with van der Waals surface area (Å²) < 4.78 is 25.9. The van der Waals surface area contributed by atoms with Crippen LogP contribution in [0.5, 0.6) is 0 Å². The molecule has 1 fully saturated rings. The van der Waals surface area contributed by atoms with E-state index in [0.29, 0.717) is 26.2 Å². The first kappa shape index (κ1) is 13.5. The number of piperazine rings is 1. The molecule has 2 amide bonds. The van der Waals surface area contributed by atoms with Gasteiger partial charge in [0.2, 0.25) is 5.91 Å². The van der Waals surface area contributed by atoms with Crippen molar-refractivity contribution < 1.29 is 18.4 Å². The van der Waals surface area contributed by atoms with Gasteiger partial charge in [0, 0.05) is 38.7 Å². The lowest BCUT2D eigenvalue weighted by Crippen LogP contribution is -2.50. The number of rotatable bonds is 1. The average molecular weight is 268 g/mol. The molecule has 102 valence electrons. The van der Waals surface area contributed by atoms with E-state index < -0.39 is 11.6 Å². The van der Waals surface area contributed by atoms with Crippen LogP contribution in [0.1, 0.15) is 17.3 Å². The van der Waals surface area contributed by atoms with E-state index in [1.54, 1.807) is 4.90 Å². The number of amides is 2. The Bertz CT molecular complexity index is 511. The van der Waals surface area contributed by atoms with Gasteiger partial charge in [-0.25, -0.2) is 8.78 Å². The minimum atomic E-state index is -1.03. The number of halogens is 2. The monoisotopic (exact) mass is 268 g/mol. The zero-order chi connectivity index (χ0) is 14.0. The SMILES string of the molecule is CC(=O)N1CCN(C(=O)c2ccc(F)c(F)c2)CC1. The van der Waals surface area contributed by atoms with E-state index in [1.165, 1.54) is 17.9 Å². The van der Waals surface area contributed by atoms with E-state index >= 15 is 0 Å². The molecule has 0 radical (unpaired) electrons. The molecule has 6 heteroatoms. The first-order chi connectivity index (χ1) is 8.99. The molecule has 1 aliphatic rings. The summed E-state index contributed by atoms with van der Waals surface area (Å²) in [5.74, 6) is -2.38. The van der Waals surface area contributed by atoms with Gasteiger partial charge in [-0.05, 0) is 18.2 Å². The maximum Gasteiger partial charge on any atom is 0.254 e. The van der Waals surface area contributed by atoms with E-state index in [-0.39, 0.29) is 17.4 Å². The largest absolute Gasteiger partial charge is 0.339 e. The fourth-order valence-corrected chi connectivity index (χ4v) is 2.04. The van der Waals surface area contributed by atoms with Crippen LogP contribution in [0.3, 0.4) is 0 Å². The summed E-state index contributed by atoms with van der Waals surface area (Å²) >= 11 is 0. The number of benzene rings is 1. The van der Waals surface area contributed by atoms with Crippen LogP contribution >= 0.6 is 0 Å².